The van der Waals surface area contributed by atoms with E-state index in [0.717, 1.165) is 22.2 Å². The molecule has 0 spiro atoms. The number of benzene rings is 1. The normalized spacial score (nSPS) is 10.7. The van der Waals surface area contributed by atoms with Crippen molar-refractivity contribution in [2.24, 2.45) is 0 Å². The van der Waals surface area contributed by atoms with Crippen LogP contribution in [0.3, 0.4) is 0 Å². The number of aromatic amines is 1. The van der Waals surface area contributed by atoms with Gasteiger partial charge in [0.2, 0.25) is 0 Å². The Morgan fingerprint density at radius 3 is 2.78 bits per heavy atom. The topological polar surface area (TPSA) is 58.6 Å². The van der Waals surface area contributed by atoms with Crippen LogP contribution in [0.15, 0.2) is 47.4 Å². The van der Waals surface area contributed by atoms with Gasteiger partial charge in [0, 0.05) is 17.1 Å². The van der Waals surface area contributed by atoms with Crippen LogP contribution in [0.1, 0.15) is 5.56 Å². The number of hydrogen-bond donors (Lipinski definition) is 1. The summed E-state index contributed by atoms with van der Waals surface area (Å²) in [7, 11) is 0. The van der Waals surface area contributed by atoms with Crippen molar-refractivity contribution in [2.45, 2.75) is 6.92 Å². The summed E-state index contributed by atoms with van der Waals surface area (Å²) in [5.41, 5.74) is 2.97. The zero-order valence-electron chi connectivity index (χ0n) is 9.84. The Kier molecular flexibility index (Phi) is 2.41. The first kappa shape index (κ1) is 10.7. The Labute approximate surface area is 103 Å². The molecule has 0 amide bonds. The monoisotopic (exact) mass is 237 g/mol. The number of fused-ring (bicyclic) bond motifs is 1. The quantitative estimate of drug-likeness (QED) is 0.706. The lowest BCUT2D eigenvalue weighted by molar-refractivity contribution is 1.10. The average molecular weight is 237 g/mol. The molecule has 4 heteroatoms. The van der Waals surface area contributed by atoms with Crippen LogP contribution in [0.5, 0.6) is 0 Å². The average Bonchev–Trinajstić information content (AvgIpc) is 2.38. The predicted molar refractivity (Wildman–Crippen MR) is 70.3 cm³/mol. The standard InChI is InChI=1S/C14H11N3O/c1-9-5-2-3-6-10(9)12-11-7-4-8-15-13(11)17-14(18)16-12/h2-8H,1H3,(H,15,16,17,18). The summed E-state index contributed by atoms with van der Waals surface area (Å²) in [6.07, 6.45) is 1.64. The lowest BCUT2D eigenvalue weighted by atomic mass is 10.0. The molecule has 18 heavy (non-hydrogen) atoms. The summed E-state index contributed by atoms with van der Waals surface area (Å²) >= 11 is 0. The molecular weight excluding hydrogens is 226 g/mol. The molecule has 0 bridgehead atoms. The predicted octanol–water partition coefficient (Wildman–Crippen LogP) is 2.29. The van der Waals surface area contributed by atoms with Gasteiger partial charge >= 0.3 is 5.69 Å². The fourth-order valence-corrected chi connectivity index (χ4v) is 2.05. The van der Waals surface area contributed by atoms with Crippen molar-refractivity contribution in [3.8, 4) is 11.3 Å². The van der Waals surface area contributed by atoms with E-state index in [1.165, 1.54) is 0 Å². The van der Waals surface area contributed by atoms with Crippen LogP contribution < -0.4 is 5.69 Å². The van der Waals surface area contributed by atoms with E-state index in [-0.39, 0.29) is 5.69 Å². The first-order chi connectivity index (χ1) is 8.75. The molecule has 3 aromatic rings. The van der Waals surface area contributed by atoms with Crippen LogP contribution in [0, 0.1) is 6.92 Å². The highest BCUT2D eigenvalue weighted by Crippen LogP contribution is 2.25. The summed E-state index contributed by atoms with van der Waals surface area (Å²) in [6, 6.07) is 11.7. The molecule has 0 saturated heterocycles. The third-order valence-corrected chi connectivity index (χ3v) is 2.91. The number of aromatic nitrogens is 3. The molecule has 0 aliphatic rings. The van der Waals surface area contributed by atoms with Gasteiger partial charge in [-0.25, -0.2) is 9.78 Å². The zero-order chi connectivity index (χ0) is 12.5. The van der Waals surface area contributed by atoms with Crippen LogP contribution in [-0.4, -0.2) is 15.0 Å². The van der Waals surface area contributed by atoms with E-state index in [2.05, 4.69) is 15.0 Å². The van der Waals surface area contributed by atoms with E-state index in [4.69, 9.17) is 0 Å². The minimum atomic E-state index is -0.376. The fourth-order valence-electron chi connectivity index (χ4n) is 2.05. The van der Waals surface area contributed by atoms with Gasteiger partial charge in [0.15, 0.2) is 5.65 Å². The fraction of sp³-hybridized carbons (Fsp3) is 0.0714. The van der Waals surface area contributed by atoms with E-state index in [0.29, 0.717) is 5.65 Å². The Balaban J connectivity index is 2.42. The number of nitrogens with one attached hydrogen (secondary N) is 1. The van der Waals surface area contributed by atoms with E-state index in [1.54, 1.807) is 6.20 Å². The van der Waals surface area contributed by atoms with Crippen molar-refractivity contribution < 1.29 is 0 Å². The summed E-state index contributed by atoms with van der Waals surface area (Å²) in [4.78, 5) is 22.4. The van der Waals surface area contributed by atoms with E-state index >= 15 is 0 Å². The van der Waals surface area contributed by atoms with Crippen molar-refractivity contribution in [3.05, 3.63) is 58.6 Å². The lowest BCUT2D eigenvalue weighted by Gasteiger charge is -2.07. The highest BCUT2D eigenvalue weighted by Gasteiger charge is 2.08. The van der Waals surface area contributed by atoms with Crippen molar-refractivity contribution >= 4 is 11.0 Å². The summed E-state index contributed by atoms with van der Waals surface area (Å²) < 4.78 is 0. The number of pyridine rings is 1. The van der Waals surface area contributed by atoms with Gasteiger partial charge in [-0.3, -0.25) is 0 Å². The van der Waals surface area contributed by atoms with E-state index in [9.17, 15) is 4.79 Å². The number of H-pyrrole nitrogens is 1. The van der Waals surface area contributed by atoms with Gasteiger partial charge in [0.05, 0.1) is 5.69 Å². The van der Waals surface area contributed by atoms with Gasteiger partial charge in [0.1, 0.15) is 0 Å². The van der Waals surface area contributed by atoms with E-state index < -0.39 is 0 Å². The van der Waals surface area contributed by atoms with Crippen molar-refractivity contribution in [1.29, 1.82) is 0 Å². The molecule has 0 unspecified atom stereocenters. The molecule has 1 aromatic carbocycles. The van der Waals surface area contributed by atoms with Crippen LogP contribution in [0.4, 0.5) is 0 Å². The molecule has 3 rings (SSSR count). The summed E-state index contributed by atoms with van der Waals surface area (Å²) in [6.45, 7) is 2.01. The van der Waals surface area contributed by atoms with Gasteiger partial charge < -0.3 is 4.98 Å². The third-order valence-electron chi connectivity index (χ3n) is 2.91. The number of rotatable bonds is 1. The molecule has 0 fully saturated rings. The second-order valence-electron chi connectivity index (χ2n) is 4.11. The SMILES string of the molecule is Cc1ccccc1-c1[nH]c(=O)nc2ncccc12. The number of aryl methyl sites for hydroxylation is 1. The first-order valence-corrected chi connectivity index (χ1v) is 5.67. The van der Waals surface area contributed by atoms with Crippen molar-refractivity contribution in [2.75, 3.05) is 0 Å². The Morgan fingerprint density at radius 2 is 1.94 bits per heavy atom. The maximum Gasteiger partial charge on any atom is 0.347 e. The second kappa shape index (κ2) is 4.07. The van der Waals surface area contributed by atoms with Crippen LogP contribution in [0.2, 0.25) is 0 Å². The molecule has 2 aromatic heterocycles. The number of nitrogens with zero attached hydrogens (tertiary/aromatic N) is 2. The van der Waals surface area contributed by atoms with Gasteiger partial charge in [-0.15, -0.1) is 0 Å². The van der Waals surface area contributed by atoms with Gasteiger partial charge in [0.25, 0.3) is 0 Å². The summed E-state index contributed by atoms with van der Waals surface area (Å²) in [5.74, 6) is 0. The van der Waals surface area contributed by atoms with E-state index in [1.807, 2.05) is 43.3 Å². The van der Waals surface area contributed by atoms with Crippen molar-refractivity contribution in [1.82, 2.24) is 15.0 Å². The molecule has 1 N–H and O–H groups in total. The van der Waals surface area contributed by atoms with Gasteiger partial charge in [-0.1, -0.05) is 24.3 Å². The molecule has 88 valence electrons. The van der Waals surface area contributed by atoms with Crippen LogP contribution >= 0.6 is 0 Å². The Hall–Kier alpha value is -2.49. The largest absolute Gasteiger partial charge is 0.347 e. The summed E-state index contributed by atoms with van der Waals surface area (Å²) in [5, 5.41) is 0.853. The van der Waals surface area contributed by atoms with Crippen LogP contribution in [-0.2, 0) is 0 Å². The van der Waals surface area contributed by atoms with Crippen molar-refractivity contribution in [3.63, 3.8) is 0 Å². The second-order valence-corrected chi connectivity index (χ2v) is 4.11. The highest BCUT2D eigenvalue weighted by atomic mass is 16.1. The molecule has 2 heterocycles. The molecule has 0 aliphatic heterocycles. The molecule has 4 nitrogen and oxygen atoms in total. The molecular formula is C14H11N3O. The third kappa shape index (κ3) is 1.68. The first-order valence-electron chi connectivity index (χ1n) is 5.67. The molecule has 0 atom stereocenters. The molecule has 0 saturated carbocycles. The molecule has 0 aliphatic carbocycles. The maximum atomic E-state index is 11.6. The number of hydrogen-bond acceptors (Lipinski definition) is 3. The van der Waals surface area contributed by atoms with Gasteiger partial charge in [-0.05, 0) is 24.6 Å². The maximum absolute atomic E-state index is 11.6. The minimum Gasteiger partial charge on any atom is -0.305 e. The van der Waals surface area contributed by atoms with Crippen LogP contribution in [0.25, 0.3) is 22.3 Å². The highest BCUT2D eigenvalue weighted by molar-refractivity contribution is 5.90. The lowest BCUT2D eigenvalue weighted by Crippen LogP contribution is -2.12. The Bertz CT molecular complexity index is 777. The zero-order valence-corrected chi connectivity index (χ0v) is 9.84. The molecule has 0 radical (unpaired) electrons. The van der Waals surface area contributed by atoms with Gasteiger partial charge in [-0.2, -0.15) is 4.98 Å². The smallest absolute Gasteiger partial charge is 0.305 e. The minimum absolute atomic E-state index is 0.376. The Morgan fingerprint density at radius 1 is 1.11 bits per heavy atom.